The SMILES string of the molecule is CCCCC(=O)CC(=O)c1cccc(C#N)c1C#N. The first-order valence-electron chi connectivity index (χ1n) is 6.12. The Morgan fingerprint density at radius 1 is 1.21 bits per heavy atom. The van der Waals surface area contributed by atoms with Crippen LogP contribution in [-0.4, -0.2) is 11.6 Å². The summed E-state index contributed by atoms with van der Waals surface area (Å²) in [5.74, 6) is -0.521. The molecule has 0 amide bonds. The van der Waals surface area contributed by atoms with Gasteiger partial charge in [-0.2, -0.15) is 10.5 Å². The topological polar surface area (TPSA) is 81.7 Å². The standard InChI is InChI=1S/C15H14N2O2/c1-2-3-6-12(18)8-15(19)13-7-4-5-11(9-16)14(13)10-17/h4-5,7H,2-3,6,8H2,1H3. The van der Waals surface area contributed by atoms with Gasteiger partial charge in [-0.05, 0) is 18.6 Å². The second-order valence-electron chi connectivity index (χ2n) is 4.19. The first-order chi connectivity index (χ1) is 9.13. The van der Waals surface area contributed by atoms with Crippen molar-refractivity contribution in [2.75, 3.05) is 0 Å². The number of nitriles is 2. The molecule has 0 atom stereocenters. The van der Waals surface area contributed by atoms with Gasteiger partial charge in [-0.1, -0.05) is 19.4 Å². The van der Waals surface area contributed by atoms with E-state index in [9.17, 15) is 9.59 Å². The average molecular weight is 254 g/mol. The molecule has 4 heteroatoms. The highest BCUT2D eigenvalue weighted by Crippen LogP contribution is 2.16. The number of ketones is 2. The van der Waals surface area contributed by atoms with Gasteiger partial charge < -0.3 is 0 Å². The molecule has 0 aliphatic carbocycles. The van der Waals surface area contributed by atoms with Crippen molar-refractivity contribution in [3.63, 3.8) is 0 Å². The van der Waals surface area contributed by atoms with Crippen molar-refractivity contribution in [1.29, 1.82) is 10.5 Å². The lowest BCUT2D eigenvalue weighted by Gasteiger charge is -2.04. The summed E-state index contributed by atoms with van der Waals surface area (Å²) in [4.78, 5) is 23.6. The molecule has 0 bridgehead atoms. The second-order valence-corrected chi connectivity index (χ2v) is 4.19. The number of unbranched alkanes of at least 4 members (excludes halogenated alkanes) is 1. The number of nitrogens with zero attached hydrogens (tertiary/aromatic N) is 2. The molecule has 19 heavy (non-hydrogen) atoms. The third-order valence-corrected chi connectivity index (χ3v) is 2.76. The van der Waals surface area contributed by atoms with Crippen LogP contribution in [-0.2, 0) is 4.79 Å². The molecule has 0 aliphatic heterocycles. The van der Waals surface area contributed by atoms with Gasteiger partial charge in [0.25, 0.3) is 0 Å². The fraction of sp³-hybridized carbons (Fsp3) is 0.333. The van der Waals surface area contributed by atoms with Gasteiger partial charge in [0, 0.05) is 12.0 Å². The number of carbonyl (C=O) groups excluding carboxylic acids is 2. The number of benzene rings is 1. The molecule has 96 valence electrons. The molecule has 0 heterocycles. The third-order valence-electron chi connectivity index (χ3n) is 2.76. The zero-order chi connectivity index (χ0) is 14.3. The van der Waals surface area contributed by atoms with Gasteiger partial charge in [-0.15, -0.1) is 0 Å². The zero-order valence-corrected chi connectivity index (χ0v) is 10.8. The number of Topliss-reactive ketones (excluding diaryl/α,β-unsaturated/α-hetero) is 2. The quantitative estimate of drug-likeness (QED) is 0.577. The Kier molecular flexibility index (Phi) is 5.44. The number of hydrogen-bond acceptors (Lipinski definition) is 4. The van der Waals surface area contributed by atoms with E-state index in [0.717, 1.165) is 12.8 Å². The summed E-state index contributed by atoms with van der Waals surface area (Å²) < 4.78 is 0. The van der Waals surface area contributed by atoms with Crippen molar-refractivity contribution in [3.8, 4) is 12.1 Å². The Labute approximate surface area is 112 Å². The lowest BCUT2D eigenvalue weighted by Crippen LogP contribution is -2.10. The van der Waals surface area contributed by atoms with Crippen molar-refractivity contribution in [2.45, 2.75) is 32.6 Å². The van der Waals surface area contributed by atoms with Crippen LogP contribution in [0.1, 0.15) is 54.1 Å². The Balaban J connectivity index is 2.93. The summed E-state index contributed by atoms with van der Waals surface area (Å²) >= 11 is 0. The van der Waals surface area contributed by atoms with E-state index >= 15 is 0 Å². The van der Waals surface area contributed by atoms with E-state index in [1.165, 1.54) is 12.1 Å². The van der Waals surface area contributed by atoms with Crippen LogP contribution >= 0.6 is 0 Å². The van der Waals surface area contributed by atoms with E-state index in [-0.39, 0.29) is 28.9 Å². The molecule has 0 radical (unpaired) electrons. The molecule has 4 nitrogen and oxygen atoms in total. The summed E-state index contributed by atoms with van der Waals surface area (Å²) in [6.45, 7) is 1.97. The lowest BCUT2D eigenvalue weighted by atomic mass is 9.96. The van der Waals surface area contributed by atoms with Crippen LogP contribution in [0.15, 0.2) is 18.2 Å². The summed E-state index contributed by atoms with van der Waals surface area (Å²) in [6.07, 6.45) is 1.83. The Morgan fingerprint density at radius 2 is 1.95 bits per heavy atom. The zero-order valence-electron chi connectivity index (χ0n) is 10.8. The summed E-state index contributed by atoms with van der Waals surface area (Å²) in [7, 11) is 0. The van der Waals surface area contributed by atoms with Gasteiger partial charge in [-0.25, -0.2) is 0 Å². The van der Waals surface area contributed by atoms with Crippen LogP contribution in [0.25, 0.3) is 0 Å². The molecular formula is C15H14N2O2. The maximum absolute atomic E-state index is 12.0. The lowest BCUT2D eigenvalue weighted by molar-refractivity contribution is -0.118. The molecule has 1 aromatic rings. The fourth-order valence-corrected chi connectivity index (χ4v) is 1.73. The Hall–Kier alpha value is -2.46. The summed E-state index contributed by atoms with van der Waals surface area (Å²) in [5, 5.41) is 17.9. The maximum atomic E-state index is 12.0. The van der Waals surface area contributed by atoms with Crippen LogP contribution in [0.4, 0.5) is 0 Å². The van der Waals surface area contributed by atoms with E-state index in [1.54, 1.807) is 6.07 Å². The second kappa shape index (κ2) is 7.08. The predicted octanol–water partition coefficient (Wildman–Crippen LogP) is 2.76. The molecule has 1 rings (SSSR count). The Morgan fingerprint density at radius 3 is 2.53 bits per heavy atom. The van der Waals surface area contributed by atoms with Crippen LogP contribution < -0.4 is 0 Å². The smallest absolute Gasteiger partial charge is 0.171 e. The summed E-state index contributed by atoms with van der Waals surface area (Å²) in [6, 6.07) is 8.23. The molecule has 0 saturated heterocycles. The normalized spacial score (nSPS) is 9.42. The van der Waals surface area contributed by atoms with Crippen LogP contribution in [0.3, 0.4) is 0 Å². The van der Waals surface area contributed by atoms with Crippen molar-refractivity contribution in [2.24, 2.45) is 0 Å². The van der Waals surface area contributed by atoms with Crippen LogP contribution in [0.2, 0.25) is 0 Å². The molecule has 0 fully saturated rings. The monoisotopic (exact) mass is 254 g/mol. The minimum absolute atomic E-state index is 0.0540. The van der Waals surface area contributed by atoms with Crippen molar-refractivity contribution in [3.05, 3.63) is 34.9 Å². The molecule has 0 saturated carbocycles. The fourth-order valence-electron chi connectivity index (χ4n) is 1.73. The number of rotatable bonds is 6. The number of hydrogen-bond donors (Lipinski definition) is 0. The van der Waals surface area contributed by atoms with Gasteiger partial charge in [-0.3, -0.25) is 9.59 Å². The highest BCUT2D eigenvalue weighted by atomic mass is 16.1. The Bertz CT molecular complexity index is 577. The minimum Gasteiger partial charge on any atom is -0.299 e. The molecule has 0 unspecified atom stereocenters. The van der Waals surface area contributed by atoms with E-state index in [1.807, 2.05) is 19.1 Å². The van der Waals surface area contributed by atoms with Gasteiger partial charge >= 0.3 is 0 Å². The van der Waals surface area contributed by atoms with Crippen LogP contribution in [0.5, 0.6) is 0 Å². The third kappa shape index (κ3) is 3.76. The van der Waals surface area contributed by atoms with E-state index < -0.39 is 5.78 Å². The van der Waals surface area contributed by atoms with E-state index in [2.05, 4.69) is 0 Å². The van der Waals surface area contributed by atoms with Gasteiger partial charge in [0.2, 0.25) is 0 Å². The first kappa shape index (κ1) is 14.6. The van der Waals surface area contributed by atoms with Crippen molar-refractivity contribution < 1.29 is 9.59 Å². The van der Waals surface area contributed by atoms with Gasteiger partial charge in [0.15, 0.2) is 5.78 Å². The first-order valence-corrected chi connectivity index (χ1v) is 6.12. The largest absolute Gasteiger partial charge is 0.299 e. The predicted molar refractivity (Wildman–Crippen MR) is 69.4 cm³/mol. The van der Waals surface area contributed by atoms with Gasteiger partial charge in [0.1, 0.15) is 17.9 Å². The molecule has 0 spiro atoms. The van der Waals surface area contributed by atoms with Gasteiger partial charge in [0.05, 0.1) is 17.5 Å². The van der Waals surface area contributed by atoms with Crippen molar-refractivity contribution >= 4 is 11.6 Å². The average Bonchev–Trinajstić information content (AvgIpc) is 2.43. The molecule has 1 aromatic carbocycles. The highest BCUT2D eigenvalue weighted by Gasteiger charge is 2.17. The minimum atomic E-state index is -0.394. The van der Waals surface area contributed by atoms with E-state index in [0.29, 0.717) is 6.42 Å². The molecule has 0 N–H and O–H groups in total. The van der Waals surface area contributed by atoms with Crippen LogP contribution in [0, 0.1) is 22.7 Å². The molecular weight excluding hydrogens is 240 g/mol. The highest BCUT2D eigenvalue weighted by molar-refractivity contribution is 6.09. The maximum Gasteiger partial charge on any atom is 0.171 e. The molecule has 0 aromatic heterocycles. The molecule has 0 aliphatic rings. The summed E-state index contributed by atoms with van der Waals surface area (Å²) in [5.41, 5.74) is 0.374. The van der Waals surface area contributed by atoms with E-state index in [4.69, 9.17) is 10.5 Å². The van der Waals surface area contributed by atoms with Crippen molar-refractivity contribution in [1.82, 2.24) is 0 Å². The number of carbonyl (C=O) groups is 2.